The highest BCUT2D eigenvalue weighted by atomic mass is 32.2. The van der Waals surface area contributed by atoms with Crippen LogP contribution in [0.1, 0.15) is 22.3 Å². The number of carbonyl (C=O) groups is 1. The lowest BCUT2D eigenvalue weighted by molar-refractivity contribution is -0.129. The molecule has 1 amide bonds. The molecule has 1 aliphatic rings. The summed E-state index contributed by atoms with van der Waals surface area (Å²) >= 11 is 1.58. The lowest BCUT2D eigenvalue weighted by atomic mass is 9.76. The van der Waals surface area contributed by atoms with E-state index in [4.69, 9.17) is 0 Å². The molecule has 3 nitrogen and oxygen atoms in total. The Kier molecular flexibility index (Phi) is 7.18. The van der Waals surface area contributed by atoms with E-state index < -0.39 is 11.6 Å². The minimum absolute atomic E-state index is 0.0360. The van der Waals surface area contributed by atoms with Gasteiger partial charge in [0.1, 0.15) is 17.2 Å². The fraction of sp³-hybridized carbons (Fsp3) is 0.129. The van der Waals surface area contributed by atoms with E-state index in [0.29, 0.717) is 5.75 Å². The van der Waals surface area contributed by atoms with Gasteiger partial charge in [0.25, 0.3) is 0 Å². The van der Waals surface area contributed by atoms with E-state index in [0.717, 1.165) is 22.3 Å². The highest BCUT2D eigenvalue weighted by Crippen LogP contribution is 2.38. The minimum atomic E-state index is -0.717. The number of thioether (sulfide) groups is 1. The normalized spacial score (nSPS) is 16.9. The molecule has 0 spiro atoms. The van der Waals surface area contributed by atoms with Crippen molar-refractivity contribution in [2.24, 2.45) is 0 Å². The molecule has 2 unspecified atom stereocenters. The molecule has 1 saturated heterocycles. The highest BCUT2D eigenvalue weighted by Gasteiger charge is 2.47. The van der Waals surface area contributed by atoms with Crippen molar-refractivity contribution in [3.05, 3.63) is 143 Å². The number of benzene rings is 4. The van der Waals surface area contributed by atoms with Gasteiger partial charge in [0.05, 0.1) is 11.3 Å². The van der Waals surface area contributed by atoms with Crippen LogP contribution in [0.25, 0.3) is 0 Å². The van der Waals surface area contributed by atoms with Crippen molar-refractivity contribution in [2.45, 2.75) is 17.0 Å². The summed E-state index contributed by atoms with van der Waals surface area (Å²) < 4.78 is 13.1. The topological polar surface area (TPSA) is 41.1 Å². The Balaban J connectivity index is 1.44. The van der Waals surface area contributed by atoms with Crippen LogP contribution in [0, 0.1) is 17.7 Å². The monoisotopic (exact) mass is 492 g/mol. The third-order valence-electron chi connectivity index (χ3n) is 6.27. The molecule has 0 aromatic heterocycles. The first-order chi connectivity index (χ1) is 17.7. The van der Waals surface area contributed by atoms with Crippen LogP contribution in [0.3, 0.4) is 0 Å². The zero-order chi connectivity index (χ0) is 24.8. The molecule has 0 bridgehead atoms. The molecule has 0 aliphatic carbocycles. The van der Waals surface area contributed by atoms with Crippen molar-refractivity contribution >= 4 is 17.7 Å². The molecule has 5 rings (SSSR count). The van der Waals surface area contributed by atoms with Crippen molar-refractivity contribution in [1.82, 2.24) is 10.6 Å². The zero-order valence-corrected chi connectivity index (χ0v) is 20.3. The molecule has 1 fully saturated rings. The summed E-state index contributed by atoms with van der Waals surface area (Å²) in [5, 5.41) is 6.65. The van der Waals surface area contributed by atoms with Crippen LogP contribution in [0.4, 0.5) is 4.39 Å². The summed E-state index contributed by atoms with van der Waals surface area (Å²) in [6.45, 7) is 0. The molecular formula is C31H25FN2OS. The van der Waals surface area contributed by atoms with E-state index in [1.54, 1.807) is 23.9 Å². The van der Waals surface area contributed by atoms with Gasteiger partial charge in [0.15, 0.2) is 0 Å². The van der Waals surface area contributed by atoms with Gasteiger partial charge in [-0.2, -0.15) is 0 Å². The summed E-state index contributed by atoms with van der Waals surface area (Å²) in [7, 11) is 0. The van der Waals surface area contributed by atoms with Crippen LogP contribution < -0.4 is 10.6 Å². The molecule has 1 aliphatic heterocycles. The van der Waals surface area contributed by atoms with E-state index in [1.807, 2.05) is 54.6 Å². The second-order valence-corrected chi connectivity index (χ2v) is 9.65. The fourth-order valence-electron chi connectivity index (χ4n) is 4.48. The van der Waals surface area contributed by atoms with Crippen LogP contribution >= 0.6 is 11.8 Å². The number of amides is 1. The van der Waals surface area contributed by atoms with Crippen molar-refractivity contribution in [1.29, 1.82) is 0 Å². The quantitative estimate of drug-likeness (QED) is 0.209. The molecular weight excluding hydrogens is 467 g/mol. The first-order valence-electron chi connectivity index (χ1n) is 11.8. The van der Waals surface area contributed by atoms with Gasteiger partial charge < -0.3 is 5.32 Å². The first kappa shape index (κ1) is 23.9. The van der Waals surface area contributed by atoms with Crippen LogP contribution in [-0.2, 0) is 10.3 Å². The van der Waals surface area contributed by atoms with Crippen LogP contribution in [-0.4, -0.2) is 23.1 Å². The average molecular weight is 493 g/mol. The van der Waals surface area contributed by atoms with E-state index in [1.165, 1.54) is 12.1 Å². The van der Waals surface area contributed by atoms with Gasteiger partial charge in [0.2, 0.25) is 5.91 Å². The smallest absolute Gasteiger partial charge is 0.241 e. The summed E-state index contributed by atoms with van der Waals surface area (Å²) in [6, 6.07) is 36.4. The van der Waals surface area contributed by atoms with Gasteiger partial charge in [-0.1, -0.05) is 103 Å². The Hall–Kier alpha value is -3.85. The number of rotatable bonds is 7. The molecule has 0 radical (unpaired) electrons. The predicted molar refractivity (Wildman–Crippen MR) is 144 cm³/mol. The standard InChI is InChI=1S/C31H25FN2OS/c32-27-20-18-23(19-21-27)11-10-22-36-30-28(29(35)33-30)34-31(24-12-4-1-5-13-24,25-14-6-2-7-15-25)26-16-8-3-9-17-26/h1-9,12-21,28,30,34H,22H2,(H,33,35). The largest absolute Gasteiger partial charge is 0.341 e. The van der Waals surface area contributed by atoms with Crippen molar-refractivity contribution in [3.63, 3.8) is 0 Å². The summed E-state index contributed by atoms with van der Waals surface area (Å²) in [5.74, 6) is 6.40. The third-order valence-corrected chi connectivity index (χ3v) is 7.33. The Morgan fingerprint density at radius 1 is 0.778 bits per heavy atom. The number of halogens is 1. The van der Waals surface area contributed by atoms with E-state index >= 15 is 0 Å². The molecule has 5 heteroatoms. The lowest BCUT2D eigenvalue weighted by Gasteiger charge is -2.45. The fourth-order valence-corrected chi connectivity index (χ4v) is 5.40. The number of β-lactam (4-membered cyclic amide) rings is 1. The van der Waals surface area contributed by atoms with Crippen molar-refractivity contribution in [2.75, 3.05) is 5.75 Å². The second kappa shape index (κ2) is 10.8. The maximum atomic E-state index is 13.1. The van der Waals surface area contributed by atoms with Crippen LogP contribution in [0.5, 0.6) is 0 Å². The number of carbonyl (C=O) groups excluding carboxylic acids is 1. The predicted octanol–water partition coefficient (Wildman–Crippen LogP) is 5.32. The molecule has 4 aromatic rings. The molecule has 2 atom stereocenters. The molecule has 0 saturated carbocycles. The molecule has 2 N–H and O–H groups in total. The van der Waals surface area contributed by atoms with Gasteiger partial charge in [-0.25, -0.2) is 4.39 Å². The molecule has 36 heavy (non-hydrogen) atoms. The second-order valence-electron chi connectivity index (χ2n) is 8.52. The average Bonchev–Trinajstić information content (AvgIpc) is 2.93. The van der Waals surface area contributed by atoms with Gasteiger partial charge in [0, 0.05) is 5.56 Å². The van der Waals surface area contributed by atoms with Crippen LogP contribution in [0.2, 0.25) is 0 Å². The Morgan fingerprint density at radius 3 is 1.75 bits per heavy atom. The Bertz CT molecular complexity index is 1270. The van der Waals surface area contributed by atoms with Gasteiger partial charge in [-0.05, 0) is 41.0 Å². The Labute approximate surface area is 215 Å². The summed E-state index contributed by atoms with van der Waals surface area (Å²) in [6.07, 6.45) is 0. The van der Waals surface area contributed by atoms with Gasteiger partial charge >= 0.3 is 0 Å². The van der Waals surface area contributed by atoms with Crippen LogP contribution in [0.15, 0.2) is 115 Å². The minimum Gasteiger partial charge on any atom is -0.341 e. The van der Waals surface area contributed by atoms with E-state index in [9.17, 15) is 9.18 Å². The zero-order valence-electron chi connectivity index (χ0n) is 19.5. The first-order valence-corrected chi connectivity index (χ1v) is 12.8. The molecule has 1 heterocycles. The molecule has 4 aromatic carbocycles. The van der Waals surface area contributed by atoms with Crippen molar-refractivity contribution < 1.29 is 9.18 Å². The van der Waals surface area contributed by atoms with Gasteiger partial charge in [-0.15, -0.1) is 11.8 Å². The molecule has 178 valence electrons. The maximum absolute atomic E-state index is 13.1. The van der Waals surface area contributed by atoms with E-state index in [2.05, 4.69) is 58.9 Å². The Morgan fingerprint density at radius 2 is 1.28 bits per heavy atom. The SMILES string of the molecule is O=C1NC(SCC#Cc2ccc(F)cc2)C1NC(c1ccccc1)(c1ccccc1)c1ccccc1. The third kappa shape index (κ3) is 4.92. The number of nitrogens with one attached hydrogen (secondary N) is 2. The lowest BCUT2D eigenvalue weighted by Crippen LogP contribution is -2.70. The van der Waals surface area contributed by atoms with Gasteiger partial charge in [-0.3, -0.25) is 10.1 Å². The van der Waals surface area contributed by atoms with E-state index in [-0.39, 0.29) is 17.1 Å². The van der Waals surface area contributed by atoms with Crippen molar-refractivity contribution in [3.8, 4) is 11.8 Å². The number of hydrogen-bond acceptors (Lipinski definition) is 3. The highest BCUT2D eigenvalue weighted by molar-refractivity contribution is 8.00. The number of hydrogen-bond donors (Lipinski definition) is 2. The summed E-state index contributed by atoms with van der Waals surface area (Å²) in [4.78, 5) is 12.8. The maximum Gasteiger partial charge on any atom is 0.241 e. The summed E-state index contributed by atoms with van der Waals surface area (Å²) in [5.41, 5.74) is 3.22.